The lowest BCUT2D eigenvalue weighted by molar-refractivity contribution is -0.123. The van der Waals surface area contributed by atoms with Crippen LogP contribution >= 0.6 is 11.6 Å². The number of amidine groups is 1. The van der Waals surface area contributed by atoms with Crippen LogP contribution in [-0.4, -0.2) is 51.1 Å². The summed E-state index contributed by atoms with van der Waals surface area (Å²) in [6.07, 6.45) is 0.688. The van der Waals surface area contributed by atoms with E-state index < -0.39 is 18.6 Å². The van der Waals surface area contributed by atoms with Crippen molar-refractivity contribution in [3.8, 4) is 11.5 Å². The van der Waals surface area contributed by atoms with Crippen molar-refractivity contribution in [2.24, 2.45) is 0 Å². The maximum Gasteiger partial charge on any atom is 0.255 e. The average Bonchev–Trinajstić information content (AvgIpc) is 2.91. The minimum Gasteiger partial charge on any atom is -0.496 e. The SMILES string of the molecule is COc1cc2c(OC)cccc2cc1C(=O)N[C@@H](CCCNC(=N)CF)C(=O)NCc1cccc(Cl)c1. The average molecular weight is 529 g/mol. The van der Waals surface area contributed by atoms with Gasteiger partial charge in [-0.05, 0) is 54.1 Å². The predicted molar refractivity (Wildman–Crippen MR) is 143 cm³/mol. The molecule has 1 atom stereocenters. The van der Waals surface area contributed by atoms with Crippen molar-refractivity contribution in [1.29, 1.82) is 5.41 Å². The van der Waals surface area contributed by atoms with E-state index in [4.69, 9.17) is 26.5 Å². The van der Waals surface area contributed by atoms with Crippen molar-refractivity contribution in [3.05, 3.63) is 70.7 Å². The molecular formula is C27H30ClFN4O4. The lowest BCUT2D eigenvalue weighted by Crippen LogP contribution is -2.47. The maximum absolute atomic E-state index is 13.3. The van der Waals surface area contributed by atoms with Crippen molar-refractivity contribution < 1.29 is 23.5 Å². The molecule has 0 aliphatic carbocycles. The van der Waals surface area contributed by atoms with Gasteiger partial charge in [-0.2, -0.15) is 0 Å². The Hall–Kier alpha value is -3.85. The highest BCUT2D eigenvalue weighted by Crippen LogP contribution is 2.32. The summed E-state index contributed by atoms with van der Waals surface area (Å²) in [5, 5.41) is 17.8. The summed E-state index contributed by atoms with van der Waals surface area (Å²) >= 11 is 6.03. The molecule has 3 rings (SSSR count). The van der Waals surface area contributed by atoms with Crippen molar-refractivity contribution in [2.45, 2.75) is 25.4 Å². The molecule has 0 fully saturated rings. The fourth-order valence-corrected chi connectivity index (χ4v) is 4.07. The minimum atomic E-state index is -0.896. The molecule has 0 spiro atoms. The predicted octanol–water partition coefficient (Wildman–Crippen LogP) is 4.24. The summed E-state index contributed by atoms with van der Waals surface area (Å²) in [5.74, 6) is -0.107. The third-order valence-corrected chi connectivity index (χ3v) is 5.98. The number of halogens is 2. The van der Waals surface area contributed by atoms with Gasteiger partial charge < -0.3 is 25.4 Å². The van der Waals surface area contributed by atoms with Gasteiger partial charge in [-0.1, -0.05) is 35.9 Å². The number of alkyl halides is 1. The molecule has 0 saturated heterocycles. The van der Waals surface area contributed by atoms with Gasteiger partial charge in [0.05, 0.1) is 19.8 Å². The Bertz CT molecular complexity index is 1270. The summed E-state index contributed by atoms with van der Waals surface area (Å²) < 4.78 is 23.4. The smallest absolute Gasteiger partial charge is 0.255 e. The molecule has 0 aliphatic rings. The number of nitrogens with one attached hydrogen (secondary N) is 4. The Morgan fingerprint density at radius 3 is 2.49 bits per heavy atom. The van der Waals surface area contributed by atoms with Crippen LogP contribution in [0.2, 0.25) is 5.02 Å². The largest absolute Gasteiger partial charge is 0.496 e. The van der Waals surface area contributed by atoms with Gasteiger partial charge in [0.2, 0.25) is 5.91 Å². The van der Waals surface area contributed by atoms with Crippen LogP contribution in [-0.2, 0) is 11.3 Å². The van der Waals surface area contributed by atoms with Crippen LogP contribution in [0, 0.1) is 5.41 Å². The second-order valence-corrected chi connectivity index (χ2v) is 8.73. The van der Waals surface area contributed by atoms with Crippen molar-refractivity contribution in [1.82, 2.24) is 16.0 Å². The molecule has 0 radical (unpaired) electrons. The van der Waals surface area contributed by atoms with Gasteiger partial charge in [0, 0.05) is 23.5 Å². The highest BCUT2D eigenvalue weighted by molar-refractivity contribution is 6.30. The Morgan fingerprint density at radius 2 is 1.78 bits per heavy atom. The molecule has 196 valence electrons. The molecule has 2 amide bonds. The molecule has 4 N–H and O–H groups in total. The molecule has 0 bridgehead atoms. The summed E-state index contributed by atoms with van der Waals surface area (Å²) in [4.78, 5) is 26.4. The molecule has 0 heterocycles. The number of amides is 2. The molecule has 3 aromatic rings. The molecule has 37 heavy (non-hydrogen) atoms. The zero-order chi connectivity index (χ0) is 26.8. The molecule has 3 aromatic carbocycles. The lowest BCUT2D eigenvalue weighted by atomic mass is 10.0. The summed E-state index contributed by atoms with van der Waals surface area (Å²) in [5.41, 5.74) is 1.09. The monoisotopic (exact) mass is 528 g/mol. The zero-order valence-corrected chi connectivity index (χ0v) is 21.5. The quantitative estimate of drug-likeness (QED) is 0.159. The second-order valence-electron chi connectivity index (χ2n) is 8.29. The summed E-state index contributed by atoms with van der Waals surface area (Å²) in [6.45, 7) is -0.377. The van der Waals surface area contributed by atoms with Crippen molar-refractivity contribution >= 4 is 40.0 Å². The molecule has 8 nitrogen and oxygen atoms in total. The van der Waals surface area contributed by atoms with E-state index in [-0.39, 0.29) is 36.8 Å². The topological polar surface area (TPSA) is 113 Å². The summed E-state index contributed by atoms with van der Waals surface area (Å²) in [7, 11) is 3.03. The molecule has 10 heteroatoms. The number of carbonyl (C=O) groups is 2. The number of ether oxygens (including phenoxy) is 2. The van der Waals surface area contributed by atoms with E-state index in [1.54, 1.807) is 37.4 Å². The van der Waals surface area contributed by atoms with Gasteiger partial charge in [0.15, 0.2) is 0 Å². The summed E-state index contributed by atoms with van der Waals surface area (Å²) in [6, 6.07) is 15.1. The third kappa shape index (κ3) is 7.57. The number of methoxy groups -OCH3 is 2. The lowest BCUT2D eigenvalue weighted by Gasteiger charge is -2.20. The third-order valence-electron chi connectivity index (χ3n) is 5.74. The second kappa shape index (κ2) is 13.5. The Balaban J connectivity index is 1.78. The van der Waals surface area contributed by atoms with E-state index in [2.05, 4.69) is 16.0 Å². The normalized spacial score (nSPS) is 11.5. The van der Waals surface area contributed by atoms with Crippen molar-refractivity contribution in [2.75, 3.05) is 27.4 Å². The number of fused-ring (bicyclic) bond motifs is 1. The minimum absolute atomic E-state index is 0.232. The van der Waals surface area contributed by atoms with Crippen LogP contribution in [0.1, 0.15) is 28.8 Å². The Kier molecular flexibility index (Phi) is 10.1. The van der Waals surface area contributed by atoms with E-state index in [1.165, 1.54) is 7.11 Å². The van der Waals surface area contributed by atoms with Crippen LogP contribution in [0.5, 0.6) is 11.5 Å². The molecular weight excluding hydrogens is 499 g/mol. The van der Waals surface area contributed by atoms with Crippen LogP contribution in [0.3, 0.4) is 0 Å². The number of rotatable bonds is 12. The Labute approximate surface area is 220 Å². The van der Waals surface area contributed by atoms with Crippen molar-refractivity contribution in [3.63, 3.8) is 0 Å². The van der Waals surface area contributed by atoms with Crippen LogP contribution < -0.4 is 25.4 Å². The highest BCUT2D eigenvalue weighted by atomic mass is 35.5. The standard InChI is InChI=1S/C27H30ClFN4O4/c1-36-23-10-4-7-18-13-21(24(37-2)14-20(18)23)26(34)33-22(9-5-11-31-25(30)15-29)27(35)32-16-17-6-3-8-19(28)12-17/h3-4,6-8,10,12-14,22H,5,9,11,15-16H2,1-2H3,(H2,30,31)(H,32,35)(H,33,34)/t22-/m0/s1. The zero-order valence-electron chi connectivity index (χ0n) is 20.7. The van der Waals surface area contributed by atoms with Crippen LogP contribution in [0.25, 0.3) is 10.8 Å². The van der Waals surface area contributed by atoms with Gasteiger partial charge in [-0.15, -0.1) is 0 Å². The van der Waals surface area contributed by atoms with E-state index in [1.807, 2.05) is 24.3 Å². The fraction of sp³-hybridized carbons (Fsp3) is 0.296. The van der Waals surface area contributed by atoms with Gasteiger partial charge in [-0.3, -0.25) is 15.0 Å². The van der Waals surface area contributed by atoms with E-state index in [9.17, 15) is 14.0 Å². The molecule has 0 aliphatic heterocycles. The van der Waals surface area contributed by atoms with Gasteiger partial charge in [0.25, 0.3) is 5.91 Å². The van der Waals surface area contributed by atoms with Crippen LogP contribution in [0.4, 0.5) is 4.39 Å². The number of hydrogen-bond donors (Lipinski definition) is 4. The number of carbonyl (C=O) groups excluding carboxylic acids is 2. The molecule has 0 aromatic heterocycles. The van der Waals surface area contributed by atoms with Gasteiger partial charge in [0.1, 0.15) is 30.1 Å². The first-order chi connectivity index (χ1) is 17.9. The van der Waals surface area contributed by atoms with E-state index in [0.717, 1.165) is 16.3 Å². The van der Waals surface area contributed by atoms with Gasteiger partial charge in [-0.25, -0.2) is 4.39 Å². The number of benzene rings is 3. The fourth-order valence-electron chi connectivity index (χ4n) is 3.86. The number of hydrogen-bond acceptors (Lipinski definition) is 5. The highest BCUT2D eigenvalue weighted by Gasteiger charge is 2.23. The maximum atomic E-state index is 13.3. The van der Waals surface area contributed by atoms with E-state index in [0.29, 0.717) is 22.9 Å². The molecule has 0 unspecified atom stereocenters. The first-order valence-corrected chi connectivity index (χ1v) is 12.1. The first-order valence-electron chi connectivity index (χ1n) is 11.7. The van der Waals surface area contributed by atoms with E-state index >= 15 is 0 Å². The first kappa shape index (κ1) is 27.7. The Morgan fingerprint density at radius 1 is 1.03 bits per heavy atom. The van der Waals surface area contributed by atoms with Gasteiger partial charge >= 0.3 is 0 Å². The van der Waals surface area contributed by atoms with Crippen LogP contribution in [0.15, 0.2) is 54.6 Å². The molecule has 0 saturated carbocycles.